The molecule has 0 amide bonds. The average Bonchev–Trinajstić information content (AvgIpc) is 2.78. The lowest BCUT2D eigenvalue weighted by atomic mass is 10.3. The van der Waals surface area contributed by atoms with Crippen LogP contribution >= 0.6 is 11.8 Å². The monoisotopic (exact) mass is 271 g/mol. The largest absolute Gasteiger partial charge is 0.481 e. The van der Waals surface area contributed by atoms with Crippen molar-refractivity contribution in [1.29, 1.82) is 0 Å². The molecular formula is C10H7F2N3O2S. The summed E-state index contributed by atoms with van der Waals surface area (Å²) in [6, 6.07) is 3.69. The maximum atomic E-state index is 13.6. The molecule has 5 nitrogen and oxygen atoms in total. The normalized spacial score (nSPS) is 10.6. The third-order valence-corrected chi connectivity index (χ3v) is 2.96. The van der Waals surface area contributed by atoms with Gasteiger partial charge in [0.1, 0.15) is 6.33 Å². The van der Waals surface area contributed by atoms with Gasteiger partial charge in [-0.3, -0.25) is 9.36 Å². The van der Waals surface area contributed by atoms with Crippen molar-refractivity contribution in [2.24, 2.45) is 0 Å². The van der Waals surface area contributed by atoms with Crippen LogP contribution in [0.15, 0.2) is 29.7 Å². The number of carboxylic acids is 1. The summed E-state index contributed by atoms with van der Waals surface area (Å²) in [5.74, 6) is -3.30. The molecule has 0 bridgehead atoms. The SMILES string of the molecule is O=C(O)CSc1nncn1-c1cccc(F)c1F. The number of thioether (sulfide) groups is 1. The molecule has 8 heteroatoms. The second kappa shape index (κ2) is 5.13. The third kappa shape index (κ3) is 2.48. The Hall–Kier alpha value is -1.96. The number of rotatable bonds is 4. The number of nitrogens with zero attached hydrogens (tertiary/aromatic N) is 3. The van der Waals surface area contributed by atoms with Gasteiger partial charge in [0, 0.05) is 0 Å². The Morgan fingerprint density at radius 3 is 2.94 bits per heavy atom. The predicted octanol–water partition coefficient (Wildman–Crippen LogP) is 1.72. The minimum atomic E-state index is -1.03. The molecule has 1 aromatic carbocycles. The van der Waals surface area contributed by atoms with E-state index in [4.69, 9.17) is 5.11 Å². The van der Waals surface area contributed by atoms with E-state index < -0.39 is 17.6 Å². The molecule has 0 fully saturated rings. The highest BCUT2D eigenvalue weighted by Gasteiger charge is 2.14. The van der Waals surface area contributed by atoms with Crippen molar-refractivity contribution in [1.82, 2.24) is 14.8 Å². The van der Waals surface area contributed by atoms with Gasteiger partial charge in [-0.2, -0.15) is 0 Å². The highest BCUT2D eigenvalue weighted by Crippen LogP contribution is 2.22. The number of halogens is 2. The second-order valence-electron chi connectivity index (χ2n) is 3.24. The number of aromatic nitrogens is 3. The van der Waals surface area contributed by atoms with Gasteiger partial charge in [-0.1, -0.05) is 17.8 Å². The van der Waals surface area contributed by atoms with Crippen LogP contribution in [-0.2, 0) is 4.79 Å². The van der Waals surface area contributed by atoms with E-state index in [0.29, 0.717) is 0 Å². The van der Waals surface area contributed by atoms with Crippen LogP contribution in [0.5, 0.6) is 0 Å². The van der Waals surface area contributed by atoms with E-state index in [-0.39, 0.29) is 16.6 Å². The molecule has 0 unspecified atom stereocenters. The van der Waals surface area contributed by atoms with E-state index in [1.54, 1.807) is 0 Å². The summed E-state index contributed by atoms with van der Waals surface area (Å²) in [6.45, 7) is 0. The van der Waals surface area contributed by atoms with E-state index in [0.717, 1.165) is 17.8 Å². The second-order valence-corrected chi connectivity index (χ2v) is 4.18. The molecule has 1 heterocycles. The number of carbonyl (C=O) groups is 1. The number of benzene rings is 1. The van der Waals surface area contributed by atoms with Gasteiger partial charge in [-0.05, 0) is 12.1 Å². The molecule has 1 aromatic heterocycles. The molecule has 0 saturated heterocycles. The molecular weight excluding hydrogens is 264 g/mol. The summed E-state index contributed by atoms with van der Waals surface area (Å²) < 4.78 is 27.9. The van der Waals surface area contributed by atoms with Crippen LogP contribution in [0, 0.1) is 11.6 Å². The van der Waals surface area contributed by atoms with Gasteiger partial charge in [0.15, 0.2) is 16.8 Å². The van der Waals surface area contributed by atoms with Crippen molar-refractivity contribution < 1.29 is 18.7 Å². The number of carboxylic acid groups (broad SMARTS) is 1. The first-order valence-corrected chi connectivity index (χ1v) is 5.77. The van der Waals surface area contributed by atoms with Gasteiger partial charge >= 0.3 is 5.97 Å². The highest BCUT2D eigenvalue weighted by atomic mass is 32.2. The van der Waals surface area contributed by atoms with E-state index in [2.05, 4.69) is 10.2 Å². The Labute approximate surface area is 104 Å². The fourth-order valence-electron chi connectivity index (χ4n) is 1.29. The minimum Gasteiger partial charge on any atom is -0.481 e. The molecule has 1 N–H and O–H groups in total. The van der Waals surface area contributed by atoms with Crippen LogP contribution in [0.3, 0.4) is 0 Å². The van der Waals surface area contributed by atoms with Gasteiger partial charge < -0.3 is 5.11 Å². The van der Waals surface area contributed by atoms with E-state index in [9.17, 15) is 13.6 Å². The maximum Gasteiger partial charge on any atom is 0.313 e. The zero-order valence-corrected chi connectivity index (χ0v) is 9.69. The van der Waals surface area contributed by atoms with Crippen LogP contribution in [0.1, 0.15) is 0 Å². The van der Waals surface area contributed by atoms with Crippen molar-refractivity contribution in [2.45, 2.75) is 5.16 Å². The van der Waals surface area contributed by atoms with Gasteiger partial charge in [-0.15, -0.1) is 10.2 Å². The standard InChI is InChI=1S/C10H7F2N3O2S/c11-6-2-1-3-7(9(6)12)15-5-13-14-10(15)18-4-8(16)17/h1-3,5H,4H2,(H,16,17). The Kier molecular flexibility index (Phi) is 3.56. The fourth-order valence-corrected chi connectivity index (χ4v) is 1.93. The lowest BCUT2D eigenvalue weighted by molar-refractivity contribution is -0.133. The molecule has 0 atom stereocenters. The Balaban J connectivity index is 2.36. The van der Waals surface area contributed by atoms with Crippen molar-refractivity contribution >= 4 is 17.7 Å². The lowest BCUT2D eigenvalue weighted by Gasteiger charge is -2.06. The molecule has 18 heavy (non-hydrogen) atoms. The highest BCUT2D eigenvalue weighted by molar-refractivity contribution is 7.99. The molecule has 94 valence electrons. The molecule has 0 aliphatic heterocycles. The van der Waals surface area contributed by atoms with E-state index in [1.807, 2.05) is 0 Å². The predicted molar refractivity (Wildman–Crippen MR) is 59.6 cm³/mol. The van der Waals surface area contributed by atoms with Crippen LogP contribution in [0.2, 0.25) is 0 Å². The molecule has 0 aliphatic carbocycles. The number of aliphatic carboxylic acids is 1. The summed E-state index contributed by atoms with van der Waals surface area (Å²) in [4.78, 5) is 10.5. The summed E-state index contributed by atoms with van der Waals surface area (Å²) in [7, 11) is 0. The topological polar surface area (TPSA) is 68.0 Å². The molecule has 0 spiro atoms. The number of hydrogen-bond donors (Lipinski definition) is 1. The Bertz CT molecular complexity index is 588. The first kappa shape index (κ1) is 12.5. The maximum absolute atomic E-state index is 13.6. The summed E-state index contributed by atoms with van der Waals surface area (Å²) in [5, 5.41) is 16.0. The van der Waals surface area contributed by atoms with Crippen LogP contribution in [0.4, 0.5) is 8.78 Å². The Morgan fingerprint density at radius 2 is 2.22 bits per heavy atom. The van der Waals surface area contributed by atoms with E-state index >= 15 is 0 Å². The lowest BCUT2D eigenvalue weighted by Crippen LogP contribution is -2.03. The zero-order chi connectivity index (χ0) is 13.1. The molecule has 2 aromatic rings. The minimum absolute atomic E-state index is 0.0621. The van der Waals surface area contributed by atoms with Gasteiger partial charge in [-0.25, -0.2) is 8.78 Å². The molecule has 0 aliphatic rings. The summed E-state index contributed by atoms with van der Waals surface area (Å²) >= 11 is 0.872. The summed E-state index contributed by atoms with van der Waals surface area (Å²) in [6.07, 6.45) is 1.20. The van der Waals surface area contributed by atoms with Gasteiger partial charge in [0.2, 0.25) is 0 Å². The van der Waals surface area contributed by atoms with Gasteiger partial charge in [0.25, 0.3) is 0 Å². The van der Waals surface area contributed by atoms with Crippen molar-refractivity contribution in [3.8, 4) is 5.69 Å². The van der Waals surface area contributed by atoms with Crippen molar-refractivity contribution in [2.75, 3.05) is 5.75 Å². The van der Waals surface area contributed by atoms with Crippen molar-refractivity contribution in [3.63, 3.8) is 0 Å². The molecule has 2 rings (SSSR count). The van der Waals surface area contributed by atoms with Crippen LogP contribution in [-0.4, -0.2) is 31.6 Å². The third-order valence-electron chi connectivity index (χ3n) is 2.03. The Morgan fingerprint density at radius 1 is 1.44 bits per heavy atom. The van der Waals surface area contributed by atoms with Crippen molar-refractivity contribution in [3.05, 3.63) is 36.2 Å². The van der Waals surface area contributed by atoms with Gasteiger partial charge in [0.05, 0.1) is 11.4 Å². The zero-order valence-electron chi connectivity index (χ0n) is 8.88. The quantitative estimate of drug-likeness (QED) is 0.857. The first-order chi connectivity index (χ1) is 8.59. The molecule has 0 saturated carbocycles. The molecule has 0 radical (unpaired) electrons. The first-order valence-electron chi connectivity index (χ1n) is 4.78. The smallest absolute Gasteiger partial charge is 0.313 e. The summed E-state index contributed by atoms with van der Waals surface area (Å²) in [5.41, 5.74) is -0.0621. The number of hydrogen-bond acceptors (Lipinski definition) is 4. The average molecular weight is 271 g/mol. The van der Waals surface area contributed by atoms with Crippen LogP contribution in [0.25, 0.3) is 5.69 Å². The van der Waals surface area contributed by atoms with Crippen LogP contribution < -0.4 is 0 Å². The van der Waals surface area contributed by atoms with E-state index in [1.165, 1.54) is 23.0 Å². The fraction of sp³-hybridized carbons (Fsp3) is 0.100.